The number of rotatable bonds is 3. The molecule has 1 saturated heterocycles. The summed E-state index contributed by atoms with van der Waals surface area (Å²) in [6, 6.07) is 7.25. The van der Waals surface area contributed by atoms with Crippen LogP contribution in [0.15, 0.2) is 24.3 Å². The Balaban J connectivity index is 1.98. The quantitative estimate of drug-likeness (QED) is 0.833. The lowest BCUT2D eigenvalue weighted by Crippen LogP contribution is -2.33. The Bertz CT molecular complexity index is 387. The molecule has 1 aliphatic rings. The molecule has 0 unspecified atom stereocenters. The summed E-state index contributed by atoms with van der Waals surface area (Å²) in [5, 5.41) is 3.87. The molecule has 0 bridgehead atoms. The lowest BCUT2D eigenvalue weighted by Gasteiger charge is -2.18. The van der Waals surface area contributed by atoms with Gasteiger partial charge in [-0.1, -0.05) is 23.7 Å². The first-order valence-electron chi connectivity index (χ1n) is 5.98. The molecule has 2 rings (SSSR count). The van der Waals surface area contributed by atoms with Crippen LogP contribution < -0.4 is 5.32 Å². The second-order valence-electron chi connectivity index (χ2n) is 4.28. The average Bonchev–Trinajstić information content (AvgIpc) is 2.58. The van der Waals surface area contributed by atoms with Crippen molar-refractivity contribution >= 4 is 17.4 Å². The Morgan fingerprint density at radius 3 is 2.94 bits per heavy atom. The van der Waals surface area contributed by atoms with E-state index in [2.05, 4.69) is 10.2 Å². The van der Waals surface area contributed by atoms with Crippen LogP contribution in [0.4, 0.5) is 0 Å². The molecule has 1 aromatic carbocycles. The van der Waals surface area contributed by atoms with E-state index < -0.39 is 0 Å². The van der Waals surface area contributed by atoms with Crippen LogP contribution >= 0.6 is 11.6 Å². The number of carbonyl (C=O) groups is 1. The van der Waals surface area contributed by atoms with Gasteiger partial charge in [0.1, 0.15) is 0 Å². The van der Waals surface area contributed by atoms with Crippen molar-refractivity contribution in [2.24, 2.45) is 0 Å². The van der Waals surface area contributed by atoms with E-state index in [1.165, 1.54) is 0 Å². The minimum absolute atomic E-state index is 0.109. The van der Waals surface area contributed by atoms with Gasteiger partial charge in [0.15, 0.2) is 5.78 Å². The highest BCUT2D eigenvalue weighted by Crippen LogP contribution is 2.16. The summed E-state index contributed by atoms with van der Waals surface area (Å²) in [7, 11) is 0. The standard InChI is InChI=1S/C13H17ClN2O/c14-12-5-2-1-4-11(12)13(17)10-16-8-3-6-15-7-9-16/h1-2,4-5,15H,3,6-10H2. The summed E-state index contributed by atoms with van der Waals surface area (Å²) >= 11 is 6.02. The van der Waals surface area contributed by atoms with Crippen LogP contribution in [0.1, 0.15) is 16.8 Å². The fourth-order valence-electron chi connectivity index (χ4n) is 2.04. The fraction of sp³-hybridized carbons (Fsp3) is 0.462. The van der Waals surface area contributed by atoms with Gasteiger partial charge < -0.3 is 5.32 Å². The molecule has 0 atom stereocenters. The monoisotopic (exact) mass is 252 g/mol. The Labute approximate surface area is 107 Å². The van der Waals surface area contributed by atoms with Gasteiger partial charge in [0.2, 0.25) is 0 Å². The number of ketones is 1. The van der Waals surface area contributed by atoms with Crippen molar-refractivity contribution in [1.82, 2.24) is 10.2 Å². The van der Waals surface area contributed by atoms with E-state index in [9.17, 15) is 4.79 Å². The summed E-state index contributed by atoms with van der Waals surface area (Å²) < 4.78 is 0. The van der Waals surface area contributed by atoms with E-state index in [-0.39, 0.29) is 5.78 Å². The normalized spacial score (nSPS) is 17.7. The molecule has 0 aliphatic carbocycles. The highest BCUT2D eigenvalue weighted by Gasteiger charge is 2.15. The maximum absolute atomic E-state index is 12.1. The van der Waals surface area contributed by atoms with Crippen molar-refractivity contribution in [3.05, 3.63) is 34.9 Å². The van der Waals surface area contributed by atoms with Crippen molar-refractivity contribution in [2.45, 2.75) is 6.42 Å². The molecule has 3 nitrogen and oxygen atoms in total. The summed E-state index contributed by atoms with van der Waals surface area (Å²) in [5.74, 6) is 0.109. The second-order valence-corrected chi connectivity index (χ2v) is 4.69. The van der Waals surface area contributed by atoms with Crippen LogP contribution in [-0.2, 0) is 0 Å². The van der Waals surface area contributed by atoms with Crippen LogP contribution in [0.25, 0.3) is 0 Å². The third-order valence-corrected chi connectivity index (χ3v) is 3.30. The molecule has 1 aromatic rings. The number of Topliss-reactive ketones (excluding diaryl/α,β-unsaturated/α-hetero) is 1. The molecule has 0 amide bonds. The van der Waals surface area contributed by atoms with Crippen LogP contribution in [-0.4, -0.2) is 43.4 Å². The van der Waals surface area contributed by atoms with E-state index in [0.29, 0.717) is 17.1 Å². The number of hydrogen-bond donors (Lipinski definition) is 1. The average molecular weight is 253 g/mol. The van der Waals surface area contributed by atoms with Crippen LogP contribution in [0.3, 0.4) is 0 Å². The van der Waals surface area contributed by atoms with E-state index in [4.69, 9.17) is 11.6 Å². The highest BCUT2D eigenvalue weighted by atomic mass is 35.5. The minimum atomic E-state index is 0.109. The first-order valence-corrected chi connectivity index (χ1v) is 6.36. The summed E-state index contributed by atoms with van der Waals surface area (Å²) in [4.78, 5) is 14.3. The van der Waals surface area contributed by atoms with Crippen molar-refractivity contribution < 1.29 is 4.79 Å². The van der Waals surface area contributed by atoms with Gasteiger partial charge in [0.05, 0.1) is 11.6 Å². The molecule has 0 spiro atoms. The summed E-state index contributed by atoms with van der Waals surface area (Å²) in [5.41, 5.74) is 0.631. The van der Waals surface area contributed by atoms with Crippen LogP contribution in [0, 0.1) is 0 Å². The Kier molecular flexibility index (Phi) is 4.54. The molecule has 0 radical (unpaired) electrons. The molecule has 0 saturated carbocycles. The minimum Gasteiger partial charge on any atom is -0.315 e. The van der Waals surface area contributed by atoms with E-state index in [1.54, 1.807) is 12.1 Å². The van der Waals surface area contributed by atoms with E-state index in [1.807, 2.05) is 12.1 Å². The van der Waals surface area contributed by atoms with Gasteiger partial charge in [-0.25, -0.2) is 0 Å². The molecule has 92 valence electrons. The van der Waals surface area contributed by atoms with Gasteiger partial charge in [-0.15, -0.1) is 0 Å². The van der Waals surface area contributed by atoms with E-state index in [0.717, 1.165) is 32.6 Å². The number of carbonyl (C=O) groups excluding carboxylic acids is 1. The largest absolute Gasteiger partial charge is 0.315 e. The predicted molar refractivity (Wildman–Crippen MR) is 69.7 cm³/mol. The summed E-state index contributed by atoms with van der Waals surface area (Å²) in [6.45, 7) is 4.36. The Morgan fingerprint density at radius 2 is 2.12 bits per heavy atom. The number of halogens is 1. The molecule has 0 aromatic heterocycles. The van der Waals surface area contributed by atoms with Crippen LogP contribution in [0.2, 0.25) is 5.02 Å². The van der Waals surface area contributed by atoms with Crippen molar-refractivity contribution in [3.63, 3.8) is 0 Å². The summed E-state index contributed by atoms with van der Waals surface area (Å²) in [6.07, 6.45) is 1.09. The van der Waals surface area contributed by atoms with E-state index >= 15 is 0 Å². The van der Waals surface area contributed by atoms with Gasteiger partial charge in [-0.3, -0.25) is 9.69 Å². The topological polar surface area (TPSA) is 32.3 Å². The van der Waals surface area contributed by atoms with Gasteiger partial charge in [-0.2, -0.15) is 0 Å². The second kappa shape index (κ2) is 6.15. The molecular formula is C13H17ClN2O. The molecule has 17 heavy (non-hydrogen) atoms. The number of nitrogens with zero attached hydrogens (tertiary/aromatic N) is 1. The van der Waals surface area contributed by atoms with Gasteiger partial charge in [0, 0.05) is 18.7 Å². The Morgan fingerprint density at radius 1 is 1.29 bits per heavy atom. The van der Waals surface area contributed by atoms with Crippen molar-refractivity contribution in [2.75, 3.05) is 32.7 Å². The zero-order valence-electron chi connectivity index (χ0n) is 9.79. The molecule has 1 heterocycles. The maximum atomic E-state index is 12.1. The highest BCUT2D eigenvalue weighted by molar-refractivity contribution is 6.34. The molecule has 1 aliphatic heterocycles. The third-order valence-electron chi connectivity index (χ3n) is 2.97. The Hall–Kier alpha value is -0.900. The van der Waals surface area contributed by atoms with Gasteiger partial charge in [-0.05, 0) is 31.6 Å². The van der Waals surface area contributed by atoms with Gasteiger partial charge in [0.25, 0.3) is 0 Å². The molecular weight excluding hydrogens is 236 g/mol. The first kappa shape index (κ1) is 12.6. The first-order chi connectivity index (χ1) is 8.27. The fourth-order valence-corrected chi connectivity index (χ4v) is 2.28. The number of hydrogen-bond acceptors (Lipinski definition) is 3. The lowest BCUT2D eigenvalue weighted by molar-refractivity contribution is 0.0935. The van der Waals surface area contributed by atoms with Crippen LogP contribution in [0.5, 0.6) is 0 Å². The number of nitrogens with one attached hydrogen (secondary N) is 1. The van der Waals surface area contributed by atoms with Gasteiger partial charge >= 0.3 is 0 Å². The molecule has 1 N–H and O–H groups in total. The predicted octanol–water partition coefficient (Wildman–Crippen LogP) is 1.82. The van der Waals surface area contributed by atoms with Crippen molar-refractivity contribution in [3.8, 4) is 0 Å². The molecule has 4 heteroatoms. The molecule has 1 fully saturated rings. The lowest BCUT2D eigenvalue weighted by atomic mass is 10.1. The SMILES string of the molecule is O=C(CN1CCCNCC1)c1ccccc1Cl. The third kappa shape index (κ3) is 3.53. The zero-order valence-corrected chi connectivity index (χ0v) is 10.5. The van der Waals surface area contributed by atoms with Crippen molar-refractivity contribution in [1.29, 1.82) is 0 Å². The number of benzene rings is 1. The maximum Gasteiger partial charge on any atom is 0.178 e. The zero-order chi connectivity index (χ0) is 12.1. The smallest absolute Gasteiger partial charge is 0.178 e.